The Labute approximate surface area is 128 Å². The van der Waals surface area contributed by atoms with Gasteiger partial charge in [-0.05, 0) is 44.8 Å². The molecule has 0 atom stereocenters. The molecule has 0 heterocycles. The van der Waals surface area contributed by atoms with Crippen molar-refractivity contribution in [2.75, 3.05) is 33.9 Å². The van der Waals surface area contributed by atoms with Crippen molar-refractivity contribution in [3.05, 3.63) is 29.8 Å². The first kappa shape index (κ1) is 17.5. The lowest BCUT2D eigenvalue weighted by Gasteiger charge is -2.10. The number of ether oxygens (including phenoxy) is 2. The van der Waals surface area contributed by atoms with E-state index in [9.17, 15) is 4.79 Å². The molecule has 4 heteroatoms. The van der Waals surface area contributed by atoms with Crippen LogP contribution in [0.5, 0.6) is 5.75 Å². The van der Waals surface area contributed by atoms with Gasteiger partial charge < -0.3 is 14.4 Å². The number of nitrogens with zero attached hydrogens (tertiary/aromatic N) is 1. The quantitative estimate of drug-likeness (QED) is 0.490. The molecule has 1 aromatic carbocycles. The number of hydrogen-bond donors (Lipinski definition) is 0. The third-order valence-electron chi connectivity index (χ3n) is 3.13. The molecule has 1 rings (SSSR count). The number of rotatable bonds is 10. The smallest absolute Gasteiger partial charge is 0.338 e. The number of likely N-dealkylation sites (N-methyl/N-ethyl adjacent to an activating group) is 1. The highest BCUT2D eigenvalue weighted by Gasteiger charge is 2.07. The Hall–Kier alpha value is -1.55. The molecular weight excluding hydrogens is 266 g/mol. The molecule has 118 valence electrons. The lowest BCUT2D eigenvalue weighted by Crippen LogP contribution is -2.20. The molecule has 0 bridgehead atoms. The van der Waals surface area contributed by atoms with Crippen LogP contribution in [-0.4, -0.2) is 44.7 Å². The van der Waals surface area contributed by atoms with Gasteiger partial charge in [-0.2, -0.15) is 0 Å². The molecule has 0 aliphatic heterocycles. The summed E-state index contributed by atoms with van der Waals surface area (Å²) in [4.78, 5) is 13.8. The van der Waals surface area contributed by atoms with Crippen LogP contribution in [0.3, 0.4) is 0 Å². The van der Waals surface area contributed by atoms with Gasteiger partial charge in [-0.1, -0.05) is 26.2 Å². The van der Waals surface area contributed by atoms with E-state index in [1.165, 1.54) is 19.3 Å². The Balaban J connectivity index is 2.30. The first-order valence-corrected chi connectivity index (χ1v) is 7.68. The maximum atomic E-state index is 11.8. The van der Waals surface area contributed by atoms with Crippen LogP contribution >= 0.6 is 0 Å². The van der Waals surface area contributed by atoms with Crippen molar-refractivity contribution in [3.63, 3.8) is 0 Å². The van der Waals surface area contributed by atoms with Crippen molar-refractivity contribution < 1.29 is 14.3 Å². The predicted molar refractivity (Wildman–Crippen MR) is 84.9 cm³/mol. The van der Waals surface area contributed by atoms with Crippen LogP contribution in [0.15, 0.2) is 24.3 Å². The molecule has 0 saturated carbocycles. The molecule has 4 nitrogen and oxygen atoms in total. The van der Waals surface area contributed by atoms with Gasteiger partial charge in [0.2, 0.25) is 0 Å². The molecule has 0 aliphatic carbocycles. The summed E-state index contributed by atoms with van der Waals surface area (Å²) in [5.74, 6) is 0.516. The normalized spacial score (nSPS) is 10.7. The SMILES string of the molecule is CCCCCCOc1ccc(C(=O)OCCN(C)C)cc1. The third kappa shape index (κ3) is 7.71. The fraction of sp³-hybridized carbons (Fsp3) is 0.588. The molecule has 1 aromatic rings. The van der Waals surface area contributed by atoms with Crippen molar-refractivity contribution >= 4 is 5.97 Å². The van der Waals surface area contributed by atoms with E-state index in [-0.39, 0.29) is 5.97 Å². The summed E-state index contributed by atoms with van der Waals surface area (Å²) < 4.78 is 10.8. The van der Waals surface area contributed by atoms with Gasteiger partial charge in [-0.15, -0.1) is 0 Å². The van der Waals surface area contributed by atoms with Crippen LogP contribution in [0.1, 0.15) is 43.0 Å². The number of unbranched alkanes of at least 4 members (excludes halogenated alkanes) is 3. The average Bonchev–Trinajstić information content (AvgIpc) is 2.47. The number of carbonyl (C=O) groups excluding carboxylic acids is 1. The van der Waals surface area contributed by atoms with E-state index >= 15 is 0 Å². The maximum Gasteiger partial charge on any atom is 0.338 e. The van der Waals surface area contributed by atoms with Gasteiger partial charge in [0, 0.05) is 6.54 Å². The summed E-state index contributed by atoms with van der Waals surface area (Å²) in [6, 6.07) is 7.14. The van der Waals surface area contributed by atoms with E-state index in [1.807, 2.05) is 31.1 Å². The van der Waals surface area contributed by atoms with Gasteiger partial charge in [0.15, 0.2) is 0 Å². The molecule has 0 spiro atoms. The van der Waals surface area contributed by atoms with Gasteiger partial charge >= 0.3 is 5.97 Å². The van der Waals surface area contributed by atoms with Crippen LogP contribution in [0.4, 0.5) is 0 Å². The minimum Gasteiger partial charge on any atom is -0.494 e. The number of benzene rings is 1. The predicted octanol–water partition coefficient (Wildman–Crippen LogP) is 3.36. The van der Waals surface area contributed by atoms with Crippen LogP contribution in [0.25, 0.3) is 0 Å². The number of hydrogen-bond acceptors (Lipinski definition) is 4. The zero-order valence-electron chi connectivity index (χ0n) is 13.4. The summed E-state index contributed by atoms with van der Waals surface area (Å²) in [6.45, 7) is 4.05. The Bertz CT molecular complexity index is 401. The van der Waals surface area contributed by atoms with E-state index in [4.69, 9.17) is 9.47 Å². The Kier molecular flexibility index (Phi) is 8.51. The summed E-state index contributed by atoms with van der Waals surface area (Å²) in [6.07, 6.45) is 4.75. The van der Waals surface area contributed by atoms with Gasteiger partial charge in [-0.25, -0.2) is 4.79 Å². The van der Waals surface area contributed by atoms with E-state index in [0.29, 0.717) is 12.2 Å². The standard InChI is InChI=1S/C17H27NO3/c1-4-5-6-7-13-20-16-10-8-15(9-11-16)17(19)21-14-12-18(2)3/h8-11H,4-7,12-14H2,1-3H3. The lowest BCUT2D eigenvalue weighted by atomic mass is 10.2. The van der Waals surface area contributed by atoms with Crippen molar-refractivity contribution in [1.82, 2.24) is 4.90 Å². The zero-order chi connectivity index (χ0) is 15.5. The summed E-state index contributed by atoms with van der Waals surface area (Å²) in [7, 11) is 3.89. The molecule has 0 amide bonds. The minimum atomic E-state index is -0.286. The third-order valence-corrected chi connectivity index (χ3v) is 3.13. The molecule has 0 radical (unpaired) electrons. The van der Waals surface area contributed by atoms with Crippen LogP contribution in [-0.2, 0) is 4.74 Å². The Morgan fingerprint density at radius 1 is 1.05 bits per heavy atom. The second-order valence-electron chi connectivity index (χ2n) is 5.37. The summed E-state index contributed by atoms with van der Waals surface area (Å²) >= 11 is 0. The van der Waals surface area contributed by atoms with E-state index < -0.39 is 0 Å². The first-order chi connectivity index (χ1) is 10.1. The summed E-state index contributed by atoms with van der Waals surface area (Å²) in [5, 5.41) is 0. The molecule has 0 saturated heterocycles. The summed E-state index contributed by atoms with van der Waals surface area (Å²) in [5.41, 5.74) is 0.562. The average molecular weight is 293 g/mol. The zero-order valence-corrected chi connectivity index (χ0v) is 13.4. The fourth-order valence-corrected chi connectivity index (χ4v) is 1.81. The molecular formula is C17H27NO3. The highest BCUT2D eigenvalue weighted by Crippen LogP contribution is 2.13. The van der Waals surface area contributed by atoms with Crippen LogP contribution in [0.2, 0.25) is 0 Å². The fourth-order valence-electron chi connectivity index (χ4n) is 1.81. The second kappa shape index (κ2) is 10.2. The van der Waals surface area contributed by atoms with Gasteiger partial charge in [-0.3, -0.25) is 0 Å². The van der Waals surface area contributed by atoms with Gasteiger partial charge in [0.1, 0.15) is 12.4 Å². The number of esters is 1. The lowest BCUT2D eigenvalue weighted by molar-refractivity contribution is 0.0482. The van der Waals surface area contributed by atoms with Gasteiger partial charge in [0.05, 0.1) is 12.2 Å². The van der Waals surface area contributed by atoms with Crippen molar-refractivity contribution in [2.45, 2.75) is 32.6 Å². The molecule has 0 N–H and O–H groups in total. The minimum absolute atomic E-state index is 0.286. The van der Waals surface area contributed by atoms with Crippen molar-refractivity contribution in [2.24, 2.45) is 0 Å². The van der Waals surface area contributed by atoms with Crippen LogP contribution in [0, 0.1) is 0 Å². The highest BCUT2D eigenvalue weighted by atomic mass is 16.5. The van der Waals surface area contributed by atoms with Crippen molar-refractivity contribution in [3.8, 4) is 5.75 Å². The monoisotopic (exact) mass is 293 g/mol. The topological polar surface area (TPSA) is 38.8 Å². The molecule has 0 aliphatic rings. The second-order valence-corrected chi connectivity index (χ2v) is 5.37. The Morgan fingerprint density at radius 3 is 2.38 bits per heavy atom. The first-order valence-electron chi connectivity index (χ1n) is 7.68. The van der Waals surface area contributed by atoms with E-state index in [1.54, 1.807) is 12.1 Å². The van der Waals surface area contributed by atoms with E-state index in [2.05, 4.69) is 6.92 Å². The molecule has 0 fully saturated rings. The number of carbonyl (C=O) groups is 1. The Morgan fingerprint density at radius 2 is 1.76 bits per heavy atom. The van der Waals surface area contributed by atoms with Crippen LogP contribution < -0.4 is 4.74 Å². The largest absolute Gasteiger partial charge is 0.494 e. The highest BCUT2D eigenvalue weighted by molar-refractivity contribution is 5.89. The van der Waals surface area contributed by atoms with Crippen molar-refractivity contribution in [1.29, 1.82) is 0 Å². The van der Waals surface area contributed by atoms with Gasteiger partial charge in [0.25, 0.3) is 0 Å². The maximum absolute atomic E-state index is 11.8. The molecule has 0 unspecified atom stereocenters. The molecule has 21 heavy (non-hydrogen) atoms. The molecule has 0 aromatic heterocycles. The van der Waals surface area contributed by atoms with E-state index in [0.717, 1.165) is 25.3 Å².